The monoisotopic (exact) mass is 261 g/mol. The number of hydrogen-bond acceptors (Lipinski definition) is 3. The van der Waals surface area contributed by atoms with E-state index in [1.807, 2.05) is 13.8 Å². The van der Waals surface area contributed by atoms with Crippen LogP contribution in [0.15, 0.2) is 23.0 Å². The molecule has 1 N–H and O–H groups in total. The van der Waals surface area contributed by atoms with E-state index >= 15 is 0 Å². The van der Waals surface area contributed by atoms with Crippen molar-refractivity contribution in [1.29, 1.82) is 0 Å². The molecule has 0 saturated carbocycles. The van der Waals surface area contributed by atoms with Gasteiger partial charge in [0, 0.05) is 37.1 Å². The number of nitrogens with zero attached hydrogens (tertiary/aromatic N) is 2. The standard InChI is InChI=1S/C15H23N3O/c1-5-7-18-8-6-14(10-18)9-16-11(2)15-12(3)17-19-13(15)4/h6,8,10-11,16H,5,7,9H2,1-4H3. The van der Waals surface area contributed by atoms with Gasteiger partial charge in [-0.3, -0.25) is 0 Å². The highest BCUT2D eigenvalue weighted by Crippen LogP contribution is 2.21. The summed E-state index contributed by atoms with van der Waals surface area (Å²) in [6, 6.07) is 2.42. The molecule has 2 aromatic rings. The van der Waals surface area contributed by atoms with Crippen LogP contribution in [0.2, 0.25) is 0 Å². The summed E-state index contributed by atoms with van der Waals surface area (Å²) in [5.41, 5.74) is 3.46. The van der Waals surface area contributed by atoms with Crippen molar-refractivity contribution in [1.82, 2.24) is 15.0 Å². The largest absolute Gasteiger partial charge is 0.361 e. The van der Waals surface area contributed by atoms with Gasteiger partial charge in [0.25, 0.3) is 0 Å². The molecule has 1 unspecified atom stereocenters. The first-order chi connectivity index (χ1) is 9.11. The third kappa shape index (κ3) is 3.26. The maximum absolute atomic E-state index is 5.21. The van der Waals surface area contributed by atoms with E-state index in [0.717, 1.165) is 31.0 Å². The van der Waals surface area contributed by atoms with Crippen molar-refractivity contribution in [2.45, 2.75) is 53.2 Å². The number of aryl methyl sites for hydroxylation is 3. The Morgan fingerprint density at radius 1 is 1.42 bits per heavy atom. The fourth-order valence-electron chi connectivity index (χ4n) is 2.47. The molecule has 4 heteroatoms. The number of hydrogen-bond donors (Lipinski definition) is 1. The van der Waals surface area contributed by atoms with E-state index in [0.29, 0.717) is 0 Å². The highest BCUT2D eigenvalue weighted by atomic mass is 16.5. The summed E-state index contributed by atoms with van der Waals surface area (Å²) in [4.78, 5) is 0. The fourth-order valence-corrected chi connectivity index (χ4v) is 2.47. The maximum atomic E-state index is 5.21. The Bertz CT molecular complexity index is 508. The van der Waals surface area contributed by atoms with Crippen LogP contribution in [-0.4, -0.2) is 9.72 Å². The van der Waals surface area contributed by atoms with Crippen LogP contribution >= 0.6 is 0 Å². The van der Waals surface area contributed by atoms with Crippen molar-refractivity contribution in [2.24, 2.45) is 0 Å². The van der Waals surface area contributed by atoms with Crippen molar-refractivity contribution in [3.63, 3.8) is 0 Å². The van der Waals surface area contributed by atoms with Crippen LogP contribution in [0.5, 0.6) is 0 Å². The summed E-state index contributed by atoms with van der Waals surface area (Å²) in [5, 5.41) is 7.53. The predicted molar refractivity (Wildman–Crippen MR) is 76.0 cm³/mol. The number of nitrogens with one attached hydrogen (secondary N) is 1. The van der Waals surface area contributed by atoms with Crippen molar-refractivity contribution in [3.8, 4) is 0 Å². The first kappa shape index (κ1) is 13.9. The summed E-state index contributed by atoms with van der Waals surface area (Å²) in [5.74, 6) is 0.904. The van der Waals surface area contributed by atoms with Crippen LogP contribution in [-0.2, 0) is 13.1 Å². The Morgan fingerprint density at radius 3 is 2.84 bits per heavy atom. The van der Waals surface area contributed by atoms with Crippen LogP contribution in [0.3, 0.4) is 0 Å². The van der Waals surface area contributed by atoms with Gasteiger partial charge in [0.1, 0.15) is 5.76 Å². The van der Waals surface area contributed by atoms with Crippen LogP contribution in [0.4, 0.5) is 0 Å². The molecule has 4 nitrogen and oxygen atoms in total. The molecule has 0 aliphatic heterocycles. The molecule has 0 aliphatic rings. The van der Waals surface area contributed by atoms with E-state index < -0.39 is 0 Å². The van der Waals surface area contributed by atoms with Crippen molar-refractivity contribution < 1.29 is 4.52 Å². The quantitative estimate of drug-likeness (QED) is 0.867. The van der Waals surface area contributed by atoms with Crippen LogP contribution in [0.25, 0.3) is 0 Å². The van der Waals surface area contributed by atoms with E-state index in [1.165, 1.54) is 11.1 Å². The molecular weight excluding hydrogens is 238 g/mol. The van der Waals surface area contributed by atoms with Crippen molar-refractivity contribution in [3.05, 3.63) is 41.0 Å². The lowest BCUT2D eigenvalue weighted by Crippen LogP contribution is -2.18. The average Bonchev–Trinajstić information content (AvgIpc) is 2.95. The second-order valence-corrected chi connectivity index (χ2v) is 5.10. The first-order valence-electron chi connectivity index (χ1n) is 6.92. The van der Waals surface area contributed by atoms with Gasteiger partial charge in [0.2, 0.25) is 0 Å². The second kappa shape index (κ2) is 6.06. The third-order valence-electron chi connectivity index (χ3n) is 3.43. The van der Waals surface area contributed by atoms with E-state index in [2.05, 4.69) is 47.3 Å². The zero-order valence-corrected chi connectivity index (χ0v) is 12.2. The molecule has 2 aromatic heterocycles. The Labute approximate surface area is 114 Å². The third-order valence-corrected chi connectivity index (χ3v) is 3.43. The van der Waals surface area contributed by atoms with Gasteiger partial charge in [-0.1, -0.05) is 12.1 Å². The second-order valence-electron chi connectivity index (χ2n) is 5.10. The van der Waals surface area contributed by atoms with Gasteiger partial charge < -0.3 is 14.4 Å². The SMILES string of the molecule is CCCn1ccc(CNC(C)c2c(C)noc2C)c1. The summed E-state index contributed by atoms with van der Waals surface area (Å²) >= 11 is 0. The number of rotatable bonds is 6. The number of aromatic nitrogens is 2. The lowest BCUT2D eigenvalue weighted by Gasteiger charge is -2.12. The lowest BCUT2D eigenvalue weighted by molar-refractivity contribution is 0.390. The summed E-state index contributed by atoms with van der Waals surface area (Å²) < 4.78 is 7.44. The van der Waals surface area contributed by atoms with Gasteiger partial charge in [-0.2, -0.15) is 0 Å². The van der Waals surface area contributed by atoms with E-state index in [4.69, 9.17) is 4.52 Å². The molecule has 1 atom stereocenters. The minimum Gasteiger partial charge on any atom is -0.361 e. The minimum absolute atomic E-state index is 0.251. The Kier molecular flexibility index (Phi) is 4.43. The Hall–Kier alpha value is -1.55. The molecule has 2 heterocycles. The zero-order valence-electron chi connectivity index (χ0n) is 12.2. The molecule has 0 fully saturated rings. The van der Waals surface area contributed by atoms with E-state index in [-0.39, 0.29) is 6.04 Å². The Balaban J connectivity index is 1.94. The predicted octanol–water partition coefficient (Wildman–Crippen LogP) is 3.35. The average molecular weight is 261 g/mol. The molecule has 104 valence electrons. The molecule has 19 heavy (non-hydrogen) atoms. The van der Waals surface area contributed by atoms with Gasteiger partial charge >= 0.3 is 0 Å². The maximum Gasteiger partial charge on any atom is 0.138 e. The van der Waals surface area contributed by atoms with E-state index in [9.17, 15) is 0 Å². The topological polar surface area (TPSA) is 43.0 Å². The van der Waals surface area contributed by atoms with Crippen molar-refractivity contribution in [2.75, 3.05) is 0 Å². The first-order valence-corrected chi connectivity index (χ1v) is 6.92. The van der Waals surface area contributed by atoms with Gasteiger partial charge in [-0.05, 0) is 38.8 Å². The van der Waals surface area contributed by atoms with Gasteiger partial charge in [0.05, 0.1) is 5.69 Å². The molecule has 0 aromatic carbocycles. The van der Waals surface area contributed by atoms with Crippen LogP contribution in [0.1, 0.15) is 48.9 Å². The molecular formula is C15H23N3O. The molecule has 0 spiro atoms. The normalized spacial score (nSPS) is 12.8. The summed E-state index contributed by atoms with van der Waals surface area (Å²) in [6.07, 6.45) is 5.51. The fraction of sp³-hybridized carbons (Fsp3) is 0.533. The Morgan fingerprint density at radius 2 is 2.21 bits per heavy atom. The highest BCUT2D eigenvalue weighted by molar-refractivity contribution is 5.24. The summed E-state index contributed by atoms with van der Waals surface area (Å²) in [7, 11) is 0. The highest BCUT2D eigenvalue weighted by Gasteiger charge is 2.15. The van der Waals surface area contributed by atoms with Crippen LogP contribution < -0.4 is 5.32 Å². The molecule has 2 rings (SSSR count). The van der Waals surface area contributed by atoms with Gasteiger partial charge in [-0.25, -0.2) is 0 Å². The molecule has 0 saturated heterocycles. The van der Waals surface area contributed by atoms with Gasteiger partial charge in [-0.15, -0.1) is 0 Å². The minimum atomic E-state index is 0.251. The molecule has 0 bridgehead atoms. The smallest absolute Gasteiger partial charge is 0.138 e. The summed E-state index contributed by atoms with van der Waals surface area (Å²) in [6.45, 7) is 10.2. The molecule has 0 amide bonds. The lowest BCUT2D eigenvalue weighted by atomic mass is 10.1. The van der Waals surface area contributed by atoms with E-state index in [1.54, 1.807) is 0 Å². The van der Waals surface area contributed by atoms with Gasteiger partial charge in [0.15, 0.2) is 0 Å². The van der Waals surface area contributed by atoms with Crippen LogP contribution in [0, 0.1) is 13.8 Å². The zero-order chi connectivity index (χ0) is 13.8. The molecule has 0 radical (unpaired) electrons. The van der Waals surface area contributed by atoms with Crippen molar-refractivity contribution >= 4 is 0 Å². The molecule has 0 aliphatic carbocycles.